The van der Waals surface area contributed by atoms with E-state index in [9.17, 15) is 9.50 Å². The van der Waals surface area contributed by atoms with Crippen molar-refractivity contribution < 1.29 is 27.8 Å². The van der Waals surface area contributed by atoms with Gasteiger partial charge in [0.25, 0.3) is 0 Å². The van der Waals surface area contributed by atoms with Gasteiger partial charge in [-0.3, -0.25) is 0 Å². The van der Waals surface area contributed by atoms with Crippen LogP contribution in [0.15, 0.2) is 67.3 Å². The molecule has 208 valence electrons. The first-order valence-corrected chi connectivity index (χ1v) is 13.8. The van der Waals surface area contributed by atoms with Crippen LogP contribution >= 0.6 is 0 Å². The van der Waals surface area contributed by atoms with Crippen molar-refractivity contribution >= 4 is 0 Å². The lowest BCUT2D eigenvalue weighted by atomic mass is 9.75. The van der Waals surface area contributed by atoms with E-state index >= 15 is 8.78 Å². The number of ether oxygens (including phenoxy) is 2. The molecular formula is C33H37F3O3. The zero-order valence-corrected chi connectivity index (χ0v) is 22.5. The molecule has 6 heteroatoms. The lowest BCUT2D eigenvalue weighted by Gasteiger charge is -2.32. The molecule has 1 aliphatic carbocycles. The first-order chi connectivity index (χ1) is 18.9. The quantitative estimate of drug-likeness (QED) is 0.185. The van der Waals surface area contributed by atoms with Gasteiger partial charge >= 0.3 is 0 Å². The molecule has 0 amide bonds. The summed E-state index contributed by atoms with van der Waals surface area (Å²) in [4.78, 5) is 0. The molecule has 3 aromatic rings. The third kappa shape index (κ3) is 7.24. The smallest absolute Gasteiger partial charge is 0.168 e. The van der Waals surface area contributed by atoms with E-state index in [1.807, 2.05) is 0 Å². The summed E-state index contributed by atoms with van der Waals surface area (Å²) in [6.45, 7) is 6.23. The summed E-state index contributed by atoms with van der Waals surface area (Å²) in [6, 6.07) is 14.7. The minimum Gasteiger partial charge on any atom is -0.493 e. The Morgan fingerprint density at radius 2 is 1.69 bits per heavy atom. The number of benzene rings is 3. The maximum Gasteiger partial charge on any atom is 0.168 e. The highest BCUT2D eigenvalue weighted by Crippen LogP contribution is 2.40. The first kappa shape index (κ1) is 28.8. The summed E-state index contributed by atoms with van der Waals surface area (Å²) in [5.74, 6) is -1.42. The summed E-state index contributed by atoms with van der Waals surface area (Å²) >= 11 is 0. The fourth-order valence-electron chi connectivity index (χ4n) is 5.34. The summed E-state index contributed by atoms with van der Waals surface area (Å²) in [6.07, 6.45) is 6.98. The molecule has 0 heterocycles. The molecule has 0 aliphatic heterocycles. The van der Waals surface area contributed by atoms with Gasteiger partial charge in [0, 0.05) is 11.6 Å². The molecule has 0 radical (unpaired) electrons. The third-order valence-electron chi connectivity index (χ3n) is 7.61. The summed E-state index contributed by atoms with van der Waals surface area (Å²) < 4.78 is 55.7. The second-order valence-corrected chi connectivity index (χ2v) is 10.3. The average molecular weight is 539 g/mol. The topological polar surface area (TPSA) is 38.7 Å². The minimum absolute atomic E-state index is 0.0358. The second kappa shape index (κ2) is 13.7. The number of rotatable bonds is 12. The lowest BCUT2D eigenvalue weighted by Crippen LogP contribution is -2.25. The van der Waals surface area contributed by atoms with Crippen molar-refractivity contribution in [1.29, 1.82) is 0 Å². The normalized spacial score (nSPS) is 18.0. The molecule has 39 heavy (non-hydrogen) atoms. The van der Waals surface area contributed by atoms with Gasteiger partial charge in [0.2, 0.25) is 0 Å². The molecule has 1 saturated carbocycles. The number of aliphatic hydroxyl groups excluding tert-OH is 1. The fraction of sp³-hybridized carbons (Fsp3) is 0.394. The van der Waals surface area contributed by atoms with E-state index in [0.717, 1.165) is 44.1 Å². The van der Waals surface area contributed by atoms with Crippen LogP contribution in [0.2, 0.25) is 0 Å². The highest BCUT2D eigenvalue weighted by atomic mass is 19.2. The Morgan fingerprint density at radius 3 is 2.36 bits per heavy atom. The average Bonchev–Trinajstić information content (AvgIpc) is 2.95. The van der Waals surface area contributed by atoms with Gasteiger partial charge in [-0.1, -0.05) is 55.8 Å². The summed E-state index contributed by atoms with van der Waals surface area (Å²) in [7, 11) is 0. The van der Waals surface area contributed by atoms with Crippen LogP contribution in [0.4, 0.5) is 13.2 Å². The van der Waals surface area contributed by atoms with E-state index in [0.29, 0.717) is 29.9 Å². The van der Waals surface area contributed by atoms with Crippen molar-refractivity contribution in [3.05, 3.63) is 95.8 Å². The van der Waals surface area contributed by atoms with Gasteiger partial charge in [-0.05, 0) is 79.2 Å². The van der Waals surface area contributed by atoms with Crippen LogP contribution in [0, 0.1) is 23.4 Å². The van der Waals surface area contributed by atoms with Crippen molar-refractivity contribution in [1.82, 2.24) is 0 Å². The SMILES string of the molecule is C=CCCOc1ccc(OCc2ccc(-c3ccc(C4CCC(C(O)CCC)CC4)c(F)c3F)cc2)c(F)c1. The van der Waals surface area contributed by atoms with Crippen molar-refractivity contribution in [3.63, 3.8) is 0 Å². The Bertz CT molecular complexity index is 1230. The maximum atomic E-state index is 15.2. The standard InChI is InChI=1S/C33H37F3O3/c1-3-5-19-38-26-15-18-31(29(34)20-26)39-21-22-7-9-23(10-8-22)27-16-17-28(33(36)32(27)35)24-11-13-25(14-12-24)30(37)6-4-2/h3,7-10,15-18,20,24-25,30,37H,1,4-6,11-14,19,21H2,2H3. The molecule has 1 unspecified atom stereocenters. The fourth-order valence-corrected chi connectivity index (χ4v) is 5.34. The minimum atomic E-state index is -0.845. The molecule has 1 N–H and O–H groups in total. The first-order valence-electron chi connectivity index (χ1n) is 13.8. The number of aliphatic hydroxyl groups is 1. The van der Waals surface area contributed by atoms with Gasteiger partial charge in [0.1, 0.15) is 12.4 Å². The molecule has 3 aromatic carbocycles. The predicted molar refractivity (Wildman–Crippen MR) is 148 cm³/mol. The van der Waals surface area contributed by atoms with Crippen molar-refractivity contribution in [2.75, 3.05) is 6.61 Å². The second-order valence-electron chi connectivity index (χ2n) is 10.3. The number of halogens is 3. The van der Waals surface area contributed by atoms with Crippen LogP contribution in [0.5, 0.6) is 11.5 Å². The van der Waals surface area contributed by atoms with Gasteiger partial charge in [-0.2, -0.15) is 0 Å². The summed E-state index contributed by atoms with van der Waals surface area (Å²) in [5.41, 5.74) is 1.95. The molecule has 3 nitrogen and oxygen atoms in total. The molecule has 1 atom stereocenters. The molecule has 1 aliphatic rings. The summed E-state index contributed by atoms with van der Waals surface area (Å²) in [5, 5.41) is 10.3. The van der Waals surface area contributed by atoms with Crippen LogP contribution in [-0.2, 0) is 6.61 Å². The zero-order valence-electron chi connectivity index (χ0n) is 22.5. The van der Waals surface area contributed by atoms with Crippen LogP contribution in [0.25, 0.3) is 11.1 Å². The van der Waals surface area contributed by atoms with E-state index in [1.165, 1.54) is 12.1 Å². The van der Waals surface area contributed by atoms with E-state index < -0.39 is 17.5 Å². The Hall–Kier alpha value is -3.25. The van der Waals surface area contributed by atoms with Crippen LogP contribution in [0.3, 0.4) is 0 Å². The Kier molecular flexibility index (Phi) is 10.1. The molecular weight excluding hydrogens is 501 g/mol. The Labute approximate surface area is 229 Å². The molecule has 0 bridgehead atoms. The maximum absolute atomic E-state index is 15.2. The van der Waals surface area contributed by atoms with Crippen LogP contribution in [-0.4, -0.2) is 17.8 Å². The van der Waals surface area contributed by atoms with E-state index in [2.05, 4.69) is 13.5 Å². The highest BCUT2D eigenvalue weighted by Gasteiger charge is 2.29. The van der Waals surface area contributed by atoms with Crippen molar-refractivity contribution in [3.8, 4) is 22.6 Å². The van der Waals surface area contributed by atoms with Crippen LogP contribution in [0.1, 0.15) is 68.9 Å². The van der Waals surface area contributed by atoms with E-state index in [1.54, 1.807) is 48.5 Å². The zero-order chi connectivity index (χ0) is 27.8. The van der Waals surface area contributed by atoms with E-state index in [-0.39, 0.29) is 35.9 Å². The van der Waals surface area contributed by atoms with Gasteiger partial charge in [-0.15, -0.1) is 6.58 Å². The number of hydrogen-bond acceptors (Lipinski definition) is 3. The van der Waals surface area contributed by atoms with E-state index in [4.69, 9.17) is 9.47 Å². The van der Waals surface area contributed by atoms with Gasteiger partial charge in [0.15, 0.2) is 23.2 Å². The third-order valence-corrected chi connectivity index (χ3v) is 7.61. The van der Waals surface area contributed by atoms with Gasteiger partial charge in [0.05, 0.1) is 12.7 Å². The molecule has 0 spiro atoms. The largest absolute Gasteiger partial charge is 0.493 e. The van der Waals surface area contributed by atoms with Gasteiger partial charge < -0.3 is 14.6 Å². The predicted octanol–water partition coefficient (Wildman–Crippen LogP) is 8.74. The Morgan fingerprint density at radius 1 is 0.949 bits per heavy atom. The van der Waals surface area contributed by atoms with Crippen LogP contribution < -0.4 is 9.47 Å². The Balaban J connectivity index is 1.37. The molecule has 0 aromatic heterocycles. The van der Waals surface area contributed by atoms with Crippen molar-refractivity contribution in [2.24, 2.45) is 5.92 Å². The molecule has 4 rings (SSSR count). The lowest BCUT2D eigenvalue weighted by molar-refractivity contribution is 0.0727. The number of hydrogen-bond donors (Lipinski definition) is 1. The molecule has 0 saturated heterocycles. The molecule has 1 fully saturated rings. The van der Waals surface area contributed by atoms with Crippen molar-refractivity contribution in [2.45, 2.75) is 70.5 Å². The monoisotopic (exact) mass is 538 g/mol. The highest BCUT2D eigenvalue weighted by molar-refractivity contribution is 5.65. The van der Waals surface area contributed by atoms with Gasteiger partial charge in [-0.25, -0.2) is 13.2 Å².